The summed E-state index contributed by atoms with van der Waals surface area (Å²) in [6.07, 6.45) is 3.17. The molecular weight excluding hydrogens is 116 g/mol. The Morgan fingerprint density at radius 1 is 1.67 bits per heavy atom. The molecule has 2 heteroatoms. The van der Waals surface area contributed by atoms with Crippen molar-refractivity contribution in [3.8, 4) is 0 Å². The van der Waals surface area contributed by atoms with Crippen LogP contribution in [-0.4, -0.2) is 11.2 Å². The van der Waals surface area contributed by atoms with Crippen LogP contribution < -0.4 is 0 Å². The van der Waals surface area contributed by atoms with E-state index in [0.717, 1.165) is 5.57 Å². The van der Waals surface area contributed by atoms with E-state index < -0.39 is 0 Å². The van der Waals surface area contributed by atoms with E-state index in [1.807, 2.05) is 6.92 Å². The predicted molar refractivity (Wildman–Crippen MR) is 35.0 cm³/mol. The molecule has 50 valence electrons. The van der Waals surface area contributed by atoms with Crippen molar-refractivity contribution in [2.45, 2.75) is 20.0 Å². The zero-order valence-corrected chi connectivity index (χ0v) is 5.59. The summed E-state index contributed by atoms with van der Waals surface area (Å²) >= 11 is 0. The van der Waals surface area contributed by atoms with Crippen LogP contribution in [0.4, 0.5) is 0 Å². The van der Waals surface area contributed by atoms with Crippen LogP contribution in [-0.2, 0) is 4.74 Å². The number of rotatable bonds is 0. The Balaban J connectivity index is 2.74. The smallest absolute Gasteiger partial charge is 0.151 e. The quantitative estimate of drug-likeness (QED) is 0.535. The first-order chi connectivity index (χ1) is 4.20. The van der Waals surface area contributed by atoms with Gasteiger partial charge in [0.05, 0.1) is 6.26 Å². The van der Waals surface area contributed by atoms with Crippen LogP contribution in [0.1, 0.15) is 13.8 Å². The third-order valence-electron chi connectivity index (χ3n) is 1.25. The maximum absolute atomic E-state index is 9.04. The minimum atomic E-state index is -0.173. The van der Waals surface area contributed by atoms with Gasteiger partial charge in [0, 0.05) is 0 Å². The van der Waals surface area contributed by atoms with Crippen molar-refractivity contribution in [2.24, 2.45) is 0 Å². The molecule has 0 aliphatic carbocycles. The first-order valence-electron chi connectivity index (χ1n) is 2.93. The topological polar surface area (TPSA) is 29.5 Å². The molecule has 0 aromatic heterocycles. The van der Waals surface area contributed by atoms with Gasteiger partial charge in [-0.1, -0.05) is 0 Å². The van der Waals surface area contributed by atoms with E-state index in [2.05, 4.69) is 0 Å². The van der Waals surface area contributed by atoms with Gasteiger partial charge >= 0.3 is 0 Å². The standard InChI is InChI=1S/C7H10O2/c1-5-3-7(8)6(2)9-4-5/h3-4,6,8H,1-2H3. The number of hydrogen-bond acceptors (Lipinski definition) is 2. The van der Waals surface area contributed by atoms with Crippen LogP contribution in [0, 0.1) is 0 Å². The highest BCUT2D eigenvalue weighted by Gasteiger charge is 2.09. The summed E-state index contributed by atoms with van der Waals surface area (Å²) in [6, 6.07) is 0. The Labute approximate surface area is 54.5 Å². The fraction of sp³-hybridized carbons (Fsp3) is 0.429. The lowest BCUT2D eigenvalue weighted by Crippen LogP contribution is -2.11. The van der Waals surface area contributed by atoms with Gasteiger partial charge in [0.1, 0.15) is 5.76 Å². The monoisotopic (exact) mass is 126 g/mol. The van der Waals surface area contributed by atoms with Gasteiger partial charge in [-0.15, -0.1) is 0 Å². The lowest BCUT2D eigenvalue weighted by atomic mass is 10.2. The normalized spacial score (nSPS) is 26.2. The SMILES string of the molecule is CC1=COC(C)C(O)=C1. The molecule has 0 radical (unpaired) electrons. The van der Waals surface area contributed by atoms with Gasteiger partial charge < -0.3 is 9.84 Å². The summed E-state index contributed by atoms with van der Waals surface area (Å²) in [6.45, 7) is 3.68. The van der Waals surface area contributed by atoms with E-state index in [1.54, 1.807) is 19.3 Å². The number of ether oxygens (including phenoxy) is 1. The van der Waals surface area contributed by atoms with E-state index in [-0.39, 0.29) is 6.10 Å². The molecule has 1 aliphatic heterocycles. The van der Waals surface area contributed by atoms with E-state index in [1.165, 1.54) is 0 Å². The van der Waals surface area contributed by atoms with E-state index in [0.29, 0.717) is 5.76 Å². The van der Waals surface area contributed by atoms with Gasteiger partial charge in [0.25, 0.3) is 0 Å². The molecule has 1 unspecified atom stereocenters. The highest BCUT2D eigenvalue weighted by Crippen LogP contribution is 2.13. The first kappa shape index (κ1) is 6.20. The maximum Gasteiger partial charge on any atom is 0.151 e. The summed E-state index contributed by atoms with van der Waals surface area (Å²) in [5.41, 5.74) is 0.950. The molecule has 0 aromatic carbocycles. The molecule has 9 heavy (non-hydrogen) atoms. The van der Waals surface area contributed by atoms with Gasteiger partial charge in [0.15, 0.2) is 6.10 Å². The number of allylic oxidation sites excluding steroid dienone is 2. The largest absolute Gasteiger partial charge is 0.508 e. The Kier molecular flexibility index (Phi) is 1.47. The molecular formula is C7H10O2. The van der Waals surface area contributed by atoms with E-state index in [9.17, 15) is 0 Å². The number of aliphatic hydroxyl groups excluding tert-OH is 1. The highest BCUT2D eigenvalue weighted by atomic mass is 16.5. The molecule has 0 bridgehead atoms. The van der Waals surface area contributed by atoms with Gasteiger partial charge in [0.2, 0.25) is 0 Å². The number of aliphatic hydroxyl groups is 1. The van der Waals surface area contributed by atoms with Crippen molar-refractivity contribution in [1.29, 1.82) is 0 Å². The fourth-order valence-corrected chi connectivity index (χ4v) is 0.664. The van der Waals surface area contributed by atoms with Crippen LogP contribution in [0.2, 0.25) is 0 Å². The Morgan fingerprint density at radius 2 is 2.33 bits per heavy atom. The van der Waals surface area contributed by atoms with Crippen LogP contribution in [0.3, 0.4) is 0 Å². The molecule has 0 fully saturated rings. The van der Waals surface area contributed by atoms with E-state index in [4.69, 9.17) is 9.84 Å². The highest BCUT2D eigenvalue weighted by molar-refractivity contribution is 5.21. The van der Waals surface area contributed by atoms with Crippen molar-refractivity contribution in [3.05, 3.63) is 23.7 Å². The van der Waals surface area contributed by atoms with Crippen molar-refractivity contribution < 1.29 is 9.84 Å². The van der Waals surface area contributed by atoms with Gasteiger partial charge in [-0.05, 0) is 25.5 Å². The summed E-state index contributed by atoms with van der Waals surface area (Å²) in [5, 5.41) is 9.04. The Hall–Kier alpha value is -0.920. The third kappa shape index (κ3) is 1.25. The first-order valence-corrected chi connectivity index (χ1v) is 2.93. The van der Waals surface area contributed by atoms with Gasteiger partial charge in [-0.2, -0.15) is 0 Å². The molecule has 1 atom stereocenters. The predicted octanol–water partition coefficient (Wildman–Crippen LogP) is 1.75. The van der Waals surface area contributed by atoms with Crippen molar-refractivity contribution >= 4 is 0 Å². The Bertz CT molecular complexity index is 168. The molecule has 1 N–H and O–H groups in total. The van der Waals surface area contributed by atoms with Gasteiger partial charge in [-0.3, -0.25) is 0 Å². The number of hydrogen-bond donors (Lipinski definition) is 1. The summed E-state index contributed by atoms with van der Waals surface area (Å²) in [7, 11) is 0. The van der Waals surface area contributed by atoms with Crippen LogP contribution in [0.15, 0.2) is 23.7 Å². The lowest BCUT2D eigenvalue weighted by molar-refractivity contribution is 0.136. The van der Waals surface area contributed by atoms with Crippen molar-refractivity contribution in [3.63, 3.8) is 0 Å². The fourth-order valence-electron chi connectivity index (χ4n) is 0.664. The van der Waals surface area contributed by atoms with Crippen LogP contribution in [0.5, 0.6) is 0 Å². The maximum atomic E-state index is 9.04. The molecule has 0 amide bonds. The molecule has 1 rings (SSSR count). The minimum absolute atomic E-state index is 0.173. The summed E-state index contributed by atoms with van der Waals surface area (Å²) < 4.78 is 5.02. The van der Waals surface area contributed by atoms with Crippen molar-refractivity contribution in [2.75, 3.05) is 0 Å². The minimum Gasteiger partial charge on any atom is -0.508 e. The average molecular weight is 126 g/mol. The third-order valence-corrected chi connectivity index (χ3v) is 1.25. The van der Waals surface area contributed by atoms with Crippen molar-refractivity contribution in [1.82, 2.24) is 0 Å². The zero-order valence-electron chi connectivity index (χ0n) is 5.59. The second-order valence-corrected chi connectivity index (χ2v) is 2.21. The lowest BCUT2D eigenvalue weighted by Gasteiger charge is -2.14. The second kappa shape index (κ2) is 2.13. The van der Waals surface area contributed by atoms with Gasteiger partial charge in [-0.25, -0.2) is 0 Å². The zero-order chi connectivity index (χ0) is 6.85. The summed E-state index contributed by atoms with van der Waals surface area (Å²) in [4.78, 5) is 0. The molecule has 0 saturated heterocycles. The van der Waals surface area contributed by atoms with Crippen LogP contribution >= 0.6 is 0 Å². The van der Waals surface area contributed by atoms with E-state index >= 15 is 0 Å². The molecule has 0 saturated carbocycles. The molecule has 1 aliphatic rings. The molecule has 0 spiro atoms. The second-order valence-electron chi connectivity index (χ2n) is 2.21. The molecule has 0 aromatic rings. The Morgan fingerprint density at radius 3 is 2.78 bits per heavy atom. The summed E-state index contributed by atoms with van der Waals surface area (Å²) in [5.74, 6) is 0.301. The molecule has 1 heterocycles. The molecule has 2 nitrogen and oxygen atoms in total. The average Bonchev–Trinajstić information content (AvgIpc) is 1.80. The van der Waals surface area contributed by atoms with Crippen LogP contribution in [0.25, 0.3) is 0 Å².